The molecule has 0 aromatic carbocycles. The fourth-order valence-corrected chi connectivity index (χ4v) is 3.45. The molecule has 0 bridgehead atoms. The van der Waals surface area contributed by atoms with E-state index in [9.17, 15) is 18.3 Å². The Labute approximate surface area is 131 Å². The molecule has 0 saturated carbocycles. The molecule has 1 fully saturated rings. The summed E-state index contributed by atoms with van der Waals surface area (Å²) in [7, 11) is 1.63. The van der Waals surface area contributed by atoms with Crippen molar-refractivity contribution in [1.29, 1.82) is 0 Å². The fourth-order valence-electron chi connectivity index (χ4n) is 2.61. The Balaban J connectivity index is 1.84. The third kappa shape index (κ3) is 4.41. The van der Waals surface area contributed by atoms with Crippen molar-refractivity contribution in [2.45, 2.75) is 44.7 Å². The maximum atomic E-state index is 12.5. The second-order valence-electron chi connectivity index (χ2n) is 5.66. The fraction of sp³-hybridized carbons (Fsp3) is 0.786. The Hall–Kier alpha value is -0.700. The summed E-state index contributed by atoms with van der Waals surface area (Å²) in [6.45, 7) is 3.64. The maximum absolute atomic E-state index is 12.5. The molecule has 2 atom stereocenters. The smallest absolute Gasteiger partial charge is 0.383 e. The van der Waals surface area contributed by atoms with Crippen molar-refractivity contribution in [1.82, 2.24) is 9.88 Å². The number of aromatic nitrogens is 1. The average Bonchev–Trinajstić information content (AvgIpc) is 2.94. The molecular formula is C14H21F3N2O2S. The standard InChI is InChI=1S/C14H21F3N2O2S/c1-9(21-2)13-18-11(8-22-13)7-19-5-3-10(4-6-19)12(20)14(15,16)17/h8-10,12,20H,3-7H2,1-2H3. The van der Waals surface area contributed by atoms with E-state index in [2.05, 4.69) is 9.88 Å². The van der Waals surface area contributed by atoms with E-state index in [0.29, 0.717) is 32.5 Å². The molecule has 0 amide bonds. The van der Waals surface area contributed by atoms with Crippen LogP contribution in [-0.4, -0.2) is 47.5 Å². The molecule has 0 radical (unpaired) electrons. The lowest BCUT2D eigenvalue weighted by Gasteiger charge is -2.34. The second-order valence-corrected chi connectivity index (χ2v) is 6.54. The Morgan fingerprint density at radius 3 is 2.64 bits per heavy atom. The second kappa shape index (κ2) is 7.25. The summed E-state index contributed by atoms with van der Waals surface area (Å²) >= 11 is 1.53. The lowest BCUT2D eigenvalue weighted by molar-refractivity contribution is -0.223. The van der Waals surface area contributed by atoms with Crippen molar-refractivity contribution in [2.75, 3.05) is 20.2 Å². The molecule has 126 valence electrons. The topological polar surface area (TPSA) is 45.6 Å². The Kier molecular flexibility index (Phi) is 5.81. The molecule has 1 aromatic heterocycles. The van der Waals surface area contributed by atoms with Gasteiger partial charge in [-0.05, 0) is 38.8 Å². The quantitative estimate of drug-likeness (QED) is 0.896. The molecular weight excluding hydrogens is 317 g/mol. The molecule has 1 saturated heterocycles. The first-order chi connectivity index (χ1) is 10.3. The van der Waals surface area contributed by atoms with Crippen LogP contribution in [0.2, 0.25) is 0 Å². The third-order valence-corrected chi connectivity index (χ3v) is 5.13. The number of methoxy groups -OCH3 is 1. The summed E-state index contributed by atoms with van der Waals surface area (Å²) in [5.41, 5.74) is 0.915. The number of thiazole rings is 1. The minimum absolute atomic E-state index is 0.0496. The molecule has 2 heterocycles. The number of rotatable bonds is 5. The highest BCUT2D eigenvalue weighted by atomic mass is 32.1. The van der Waals surface area contributed by atoms with E-state index in [1.807, 2.05) is 12.3 Å². The van der Waals surface area contributed by atoms with Crippen molar-refractivity contribution in [3.8, 4) is 0 Å². The van der Waals surface area contributed by atoms with Gasteiger partial charge in [-0.15, -0.1) is 11.3 Å². The van der Waals surface area contributed by atoms with E-state index in [0.717, 1.165) is 10.7 Å². The highest BCUT2D eigenvalue weighted by molar-refractivity contribution is 7.09. The summed E-state index contributed by atoms with van der Waals surface area (Å²) in [4.78, 5) is 6.57. The molecule has 8 heteroatoms. The van der Waals surface area contributed by atoms with Gasteiger partial charge in [0, 0.05) is 19.0 Å². The van der Waals surface area contributed by atoms with Crippen molar-refractivity contribution >= 4 is 11.3 Å². The highest BCUT2D eigenvalue weighted by Crippen LogP contribution is 2.32. The number of hydrogen-bond donors (Lipinski definition) is 1. The first-order valence-corrected chi connectivity index (χ1v) is 8.13. The number of alkyl halides is 3. The first-order valence-electron chi connectivity index (χ1n) is 7.25. The van der Waals surface area contributed by atoms with Gasteiger partial charge in [0.25, 0.3) is 0 Å². The van der Waals surface area contributed by atoms with Crippen LogP contribution in [0.4, 0.5) is 13.2 Å². The van der Waals surface area contributed by atoms with E-state index in [1.54, 1.807) is 7.11 Å². The third-order valence-electron chi connectivity index (χ3n) is 4.07. The molecule has 2 rings (SSSR count). The van der Waals surface area contributed by atoms with Gasteiger partial charge in [0.05, 0.1) is 5.69 Å². The number of nitrogens with zero attached hydrogens (tertiary/aromatic N) is 2. The van der Waals surface area contributed by atoms with Crippen LogP contribution in [0.25, 0.3) is 0 Å². The largest absolute Gasteiger partial charge is 0.414 e. The lowest BCUT2D eigenvalue weighted by atomic mass is 9.91. The van der Waals surface area contributed by atoms with Gasteiger partial charge >= 0.3 is 6.18 Å². The van der Waals surface area contributed by atoms with Gasteiger partial charge in [-0.2, -0.15) is 13.2 Å². The zero-order chi connectivity index (χ0) is 16.3. The number of likely N-dealkylation sites (tertiary alicyclic amines) is 1. The van der Waals surface area contributed by atoms with Gasteiger partial charge in [0.15, 0.2) is 6.10 Å². The molecule has 1 aliphatic heterocycles. The summed E-state index contributed by atoms with van der Waals surface area (Å²) < 4.78 is 42.7. The van der Waals surface area contributed by atoms with Crippen LogP contribution in [-0.2, 0) is 11.3 Å². The molecule has 4 nitrogen and oxygen atoms in total. The number of ether oxygens (including phenoxy) is 1. The Bertz CT molecular complexity index is 473. The van der Waals surface area contributed by atoms with Crippen LogP contribution in [0.15, 0.2) is 5.38 Å². The highest BCUT2D eigenvalue weighted by Gasteiger charge is 2.44. The van der Waals surface area contributed by atoms with Crippen LogP contribution in [0.5, 0.6) is 0 Å². The molecule has 1 aliphatic rings. The molecule has 22 heavy (non-hydrogen) atoms. The Morgan fingerprint density at radius 1 is 1.45 bits per heavy atom. The molecule has 1 aromatic rings. The minimum atomic E-state index is -4.52. The first kappa shape index (κ1) is 17.7. The van der Waals surface area contributed by atoms with Crippen LogP contribution >= 0.6 is 11.3 Å². The zero-order valence-electron chi connectivity index (χ0n) is 12.6. The zero-order valence-corrected chi connectivity index (χ0v) is 13.5. The molecule has 0 spiro atoms. The van der Waals surface area contributed by atoms with Gasteiger partial charge in [-0.1, -0.05) is 0 Å². The van der Waals surface area contributed by atoms with Crippen molar-refractivity contribution < 1.29 is 23.0 Å². The van der Waals surface area contributed by atoms with Crippen LogP contribution in [0.1, 0.15) is 36.6 Å². The van der Waals surface area contributed by atoms with Crippen LogP contribution < -0.4 is 0 Å². The normalized spacial score (nSPS) is 21.0. The number of hydrogen-bond acceptors (Lipinski definition) is 5. The Morgan fingerprint density at radius 2 is 2.09 bits per heavy atom. The summed E-state index contributed by atoms with van der Waals surface area (Å²) in [6, 6.07) is 0. The van der Waals surface area contributed by atoms with E-state index < -0.39 is 18.2 Å². The van der Waals surface area contributed by atoms with Gasteiger partial charge in [0.2, 0.25) is 0 Å². The van der Waals surface area contributed by atoms with Gasteiger partial charge in [-0.3, -0.25) is 4.90 Å². The summed E-state index contributed by atoms with van der Waals surface area (Å²) in [5, 5.41) is 12.2. The van der Waals surface area contributed by atoms with Gasteiger partial charge in [-0.25, -0.2) is 4.98 Å². The van der Waals surface area contributed by atoms with Crippen molar-refractivity contribution in [3.05, 3.63) is 16.1 Å². The summed E-state index contributed by atoms with van der Waals surface area (Å²) in [6.07, 6.45) is -6.07. The van der Waals surface area contributed by atoms with E-state index in [4.69, 9.17) is 4.74 Å². The monoisotopic (exact) mass is 338 g/mol. The predicted octanol–water partition coefficient (Wildman–Crippen LogP) is 2.99. The lowest BCUT2D eigenvalue weighted by Crippen LogP contribution is -2.43. The predicted molar refractivity (Wildman–Crippen MR) is 77.6 cm³/mol. The van der Waals surface area contributed by atoms with E-state index in [1.165, 1.54) is 11.3 Å². The van der Waals surface area contributed by atoms with Crippen molar-refractivity contribution in [3.63, 3.8) is 0 Å². The number of halogens is 3. The number of aliphatic hydroxyl groups is 1. The van der Waals surface area contributed by atoms with Crippen LogP contribution in [0, 0.1) is 5.92 Å². The van der Waals surface area contributed by atoms with Gasteiger partial charge in [0.1, 0.15) is 11.1 Å². The summed E-state index contributed by atoms with van der Waals surface area (Å²) in [5.74, 6) is -0.698. The molecule has 2 unspecified atom stereocenters. The van der Waals surface area contributed by atoms with Crippen LogP contribution in [0.3, 0.4) is 0 Å². The van der Waals surface area contributed by atoms with E-state index in [-0.39, 0.29) is 6.10 Å². The molecule has 1 N–H and O–H groups in total. The number of aliphatic hydroxyl groups excluding tert-OH is 1. The molecule has 0 aliphatic carbocycles. The van der Waals surface area contributed by atoms with Crippen molar-refractivity contribution in [2.24, 2.45) is 5.92 Å². The minimum Gasteiger partial charge on any atom is -0.383 e. The van der Waals surface area contributed by atoms with Gasteiger partial charge < -0.3 is 9.84 Å². The SMILES string of the molecule is COC(C)c1nc(CN2CCC(C(O)C(F)(F)F)CC2)cs1. The number of piperidine rings is 1. The van der Waals surface area contributed by atoms with E-state index >= 15 is 0 Å². The maximum Gasteiger partial charge on any atom is 0.414 e. The average molecular weight is 338 g/mol.